The highest BCUT2D eigenvalue weighted by molar-refractivity contribution is 7.07. The molecule has 0 radical (unpaired) electrons. The van der Waals surface area contributed by atoms with Gasteiger partial charge in [0.15, 0.2) is 0 Å². The summed E-state index contributed by atoms with van der Waals surface area (Å²) in [5, 5.41) is 1.96. The van der Waals surface area contributed by atoms with Crippen molar-refractivity contribution in [2.45, 2.75) is 32.4 Å². The number of aromatic nitrogens is 1. The van der Waals surface area contributed by atoms with Crippen molar-refractivity contribution in [2.24, 2.45) is 0 Å². The molecule has 4 rings (SSSR count). The molecule has 150 valence electrons. The van der Waals surface area contributed by atoms with Crippen LogP contribution in [0.2, 0.25) is 0 Å². The van der Waals surface area contributed by atoms with Gasteiger partial charge in [-0.15, -0.1) is 11.3 Å². The average Bonchev–Trinajstić information content (AvgIpc) is 3.45. The van der Waals surface area contributed by atoms with Crippen LogP contribution in [0.5, 0.6) is 11.5 Å². The summed E-state index contributed by atoms with van der Waals surface area (Å²) >= 11 is 1.55. The predicted molar refractivity (Wildman–Crippen MR) is 114 cm³/mol. The number of thiazole rings is 1. The first kappa shape index (κ1) is 19.5. The Hall–Kier alpha value is -2.86. The molecule has 1 aromatic heterocycles. The van der Waals surface area contributed by atoms with Crippen molar-refractivity contribution in [3.63, 3.8) is 0 Å². The van der Waals surface area contributed by atoms with E-state index in [1.807, 2.05) is 53.6 Å². The molecule has 0 unspecified atom stereocenters. The summed E-state index contributed by atoms with van der Waals surface area (Å²) in [6, 6.07) is 15.6. The Labute approximate surface area is 174 Å². The van der Waals surface area contributed by atoms with E-state index in [-0.39, 0.29) is 11.9 Å². The summed E-state index contributed by atoms with van der Waals surface area (Å²) < 4.78 is 11.3. The Morgan fingerprint density at radius 1 is 1.10 bits per heavy atom. The summed E-state index contributed by atoms with van der Waals surface area (Å²) in [5.74, 6) is 1.66. The highest BCUT2D eigenvalue weighted by Crippen LogP contribution is 2.34. The van der Waals surface area contributed by atoms with Gasteiger partial charge in [-0.05, 0) is 61.7 Å². The lowest BCUT2D eigenvalue weighted by Gasteiger charge is -2.25. The van der Waals surface area contributed by atoms with Crippen LogP contribution in [0.15, 0.2) is 59.4 Å². The number of likely N-dealkylation sites (tertiary alicyclic amines) is 1. The molecular formula is C23H24N2O3S. The molecule has 6 heteroatoms. The van der Waals surface area contributed by atoms with E-state index in [2.05, 4.69) is 17.1 Å². The van der Waals surface area contributed by atoms with Crippen molar-refractivity contribution in [3.8, 4) is 11.5 Å². The van der Waals surface area contributed by atoms with Crippen LogP contribution < -0.4 is 9.47 Å². The number of ether oxygens (including phenoxy) is 2. The van der Waals surface area contributed by atoms with E-state index >= 15 is 0 Å². The maximum Gasteiger partial charge on any atom is 0.254 e. The first-order valence-corrected chi connectivity index (χ1v) is 10.8. The van der Waals surface area contributed by atoms with E-state index in [1.54, 1.807) is 16.8 Å². The fourth-order valence-electron chi connectivity index (χ4n) is 3.63. The van der Waals surface area contributed by atoms with E-state index < -0.39 is 0 Å². The van der Waals surface area contributed by atoms with Gasteiger partial charge in [0.05, 0.1) is 23.9 Å². The smallest absolute Gasteiger partial charge is 0.254 e. The second-order valence-electron chi connectivity index (χ2n) is 6.95. The van der Waals surface area contributed by atoms with Crippen LogP contribution in [0.4, 0.5) is 0 Å². The van der Waals surface area contributed by atoms with Gasteiger partial charge in [-0.25, -0.2) is 4.98 Å². The van der Waals surface area contributed by atoms with Gasteiger partial charge in [0.1, 0.15) is 18.1 Å². The van der Waals surface area contributed by atoms with Crippen molar-refractivity contribution in [1.82, 2.24) is 9.88 Å². The van der Waals surface area contributed by atoms with Crippen LogP contribution in [0.1, 0.15) is 47.4 Å². The monoisotopic (exact) mass is 408 g/mol. The van der Waals surface area contributed by atoms with Crippen LogP contribution in [0.3, 0.4) is 0 Å². The Balaban J connectivity index is 1.42. The van der Waals surface area contributed by atoms with Crippen molar-refractivity contribution in [3.05, 3.63) is 76.2 Å². The van der Waals surface area contributed by atoms with Crippen LogP contribution >= 0.6 is 11.3 Å². The highest BCUT2D eigenvalue weighted by Gasteiger charge is 2.30. The minimum atomic E-state index is 0.0624. The Bertz CT molecular complexity index is 924. The Morgan fingerprint density at radius 2 is 1.83 bits per heavy atom. The molecule has 0 aliphatic carbocycles. The molecule has 3 aromatic rings. The van der Waals surface area contributed by atoms with Gasteiger partial charge in [0, 0.05) is 17.5 Å². The Morgan fingerprint density at radius 3 is 2.52 bits per heavy atom. The summed E-state index contributed by atoms with van der Waals surface area (Å²) in [4.78, 5) is 19.3. The number of carbonyl (C=O) groups is 1. The van der Waals surface area contributed by atoms with Gasteiger partial charge in [-0.3, -0.25) is 4.79 Å². The van der Waals surface area contributed by atoms with Crippen molar-refractivity contribution >= 4 is 17.2 Å². The lowest BCUT2D eigenvalue weighted by molar-refractivity contribution is 0.0735. The fourth-order valence-corrected chi connectivity index (χ4v) is 4.18. The van der Waals surface area contributed by atoms with Crippen molar-refractivity contribution < 1.29 is 14.3 Å². The van der Waals surface area contributed by atoms with Crippen LogP contribution in [-0.4, -0.2) is 28.9 Å². The zero-order chi connectivity index (χ0) is 20.1. The molecule has 0 saturated carbocycles. The zero-order valence-electron chi connectivity index (χ0n) is 16.4. The number of rotatable bonds is 7. The lowest BCUT2D eigenvalue weighted by Crippen LogP contribution is -2.30. The lowest BCUT2D eigenvalue weighted by atomic mass is 10.0. The molecule has 1 aliphatic rings. The summed E-state index contributed by atoms with van der Waals surface area (Å²) in [6.07, 6.45) is 1.99. The Kier molecular flexibility index (Phi) is 6.10. The van der Waals surface area contributed by atoms with E-state index in [0.29, 0.717) is 18.8 Å². The average molecular weight is 409 g/mol. The standard InChI is InChI=1S/C23H24N2O3S/c1-2-27-20-9-5-17(6-10-20)22-4-3-13-25(22)23(26)18-7-11-21(12-8-18)28-14-19-15-29-16-24-19/h5-12,15-16,22H,2-4,13-14H2,1H3/t22-/m1/s1. The van der Waals surface area contributed by atoms with E-state index in [1.165, 1.54) is 0 Å². The quantitative estimate of drug-likeness (QED) is 0.546. The molecule has 1 saturated heterocycles. The van der Waals surface area contributed by atoms with Crippen molar-refractivity contribution in [1.29, 1.82) is 0 Å². The van der Waals surface area contributed by atoms with Crippen LogP contribution in [0, 0.1) is 0 Å². The predicted octanol–water partition coefficient (Wildman–Crippen LogP) is 5.10. The second kappa shape index (κ2) is 9.09. The molecule has 5 nitrogen and oxygen atoms in total. The summed E-state index contributed by atoms with van der Waals surface area (Å²) in [6.45, 7) is 3.83. The molecule has 2 aromatic carbocycles. The number of nitrogens with zero attached hydrogens (tertiary/aromatic N) is 2. The maximum absolute atomic E-state index is 13.1. The molecule has 0 N–H and O–H groups in total. The molecule has 0 bridgehead atoms. The highest BCUT2D eigenvalue weighted by atomic mass is 32.1. The molecule has 1 atom stereocenters. The molecule has 2 heterocycles. The molecule has 0 spiro atoms. The van der Waals surface area contributed by atoms with Crippen LogP contribution in [-0.2, 0) is 6.61 Å². The largest absolute Gasteiger partial charge is 0.494 e. The number of hydrogen-bond acceptors (Lipinski definition) is 5. The molecule has 1 aliphatic heterocycles. The SMILES string of the molecule is CCOc1ccc([C@H]2CCCN2C(=O)c2ccc(OCc3cscn3)cc2)cc1. The van der Waals surface area contributed by atoms with Crippen molar-refractivity contribution in [2.75, 3.05) is 13.2 Å². The fraction of sp³-hybridized carbons (Fsp3) is 0.304. The number of benzene rings is 2. The van der Waals surface area contributed by atoms with Crippen LogP contribution in [0.25, 0.3) is 0 Å². The summed E-state index contributed by atoms with van der Waals surface area (Å²) in [7, 11) is 0. The van der Waals surface area contributed by atoms with Gasteiger partial charge in [0.2, 0.25) is 0 Å². The minimum Gasteiger partial charge on any atom is -0.494 e. The third kappa shape index (κ3) is 4.59. The molecule has 29 heavy (non-hydrogen) atoms. The number of hydrogen-bond donors (Lipinski definition) is 0. The number of carbonyl (C=O) groups excluding carboxylic acids is 1. The van der Waals surface area contributed by atoms with E-state index in [9.17, 15) is 4.79 Å². The summed E-state index contributed by atoms with van der Waals surface area (Å²) in [5.41, 5.74) is 4.54. The zero-order valence-corrected chi connectivity index (χ0v) is 17.2. The van der Waals surface area contributed by atoms with Gasteiger partial charge < -0.3 is 14.4 Å². The molecule has 1 amide bonds. The van der Waals surface area contributed by atoms with Gasteiger partial charge in [-0.1, -0.05) is 12.1 Å². The van der Waals surface area contributed by atoms with E-state index in [0.717, 1.165) is 42.1 Å². The first-order valence-electron chi connectivity index (χ1n) is 9.88. The maximum atomic E-state index is 13.1. The van der Waals surface area contributed by atoms with Gasteiger partial charge in [0.25, 0.3) is 5.91 Å². The third-order valence-electron chi connectivity index (χ3n) is 5.06. The topological polar surface area (TPSA) is 51.7 Å². The minimum absolute atomic E-state index is 0.0624. The normalized spacial score (nSPS) is 16.0. The third-order valence-corrected chi connectivity index (χ3v) is 5.70. The van der Waals surface area contributed by atoms with Gasteiger partial charge >= 0.3 is 0 Å². The first-order chi connectivity index (χ1) is 14.2. The molecule has 1 fully saturated rings. The number of amides is 1. The second-order valence-corrected chi connectivity index (χ2v) is 7.67. The van der Waals surface area contributed by atoms with E-state index in [4.69, 9.17) is 9.47 Å². The molecular weight excluding hydrogens is 384 g/mol. The van der Waals surface area contributed by atoms with Gasteiger partial charge in [-0.2, -0.15) is 0 Å².